The van der Waals surface area contributed by atoms with E-state index in [2.05, 4.69) is 4.98 Å². The highest BCUT2D eigenvalue weighted by atomic mass is 35.5. The molecule has 1 aromatic carbocycles. The molecule has 0 saturated carbocycles. The molecule has 0 aliphatic rings. The van der Waals surface area contributed by atoms with Crippen LogP contribution in [0.15, 0.2) is 42.6 Å². The van der Waals surface area contributed by atoms with Crippen molar-refractivity contribution in [1.29, 1.82) is 0 Å². The molecule has 2 rings (SSSR count). The van der Waals surface area contributed by atoms with Crippen LogP contribution < -0.4 is 0 Å². The van der Waals surface area contributed by atoms with E-state index in [1.807, 2.05) is 30.3 Å². The molecule has 0 N–H and O–H groups in total. The number of aromatic nitrogens is 1. The minimum Gasteiger partial charge on any atom is -0.258 e. The Labute approximate surface area is 96.7 Å². The maximum absolute atomic E-state index is 10.6. The van der Waals surface area contributed by atoms with E-state index in [1.165, 1.54) is 6.07 Å². The van der Waals surface area contributed by atoms with Crippen LogP contribution in [0.5, 0.6) is 0 Å². The first kappa shape index (κ1) is 10.6. The summed E-state index contributed by atoms with van der Waals surface area (Å²) < 4.78 is 0. The molecular formula is C11H7ClN2O2. The van der Waals surface area contributed by atoms with Gasteiger partial charge in [0.25, 0.3) is 5.69 Å². The maximum atomic E-state index is 10.6. The van der Waals surface area contributed by atoms with Gasteiger partial charge in [0.05, 0.1) is 4.92 Å². The lowest BCUT2D eigenvalue weighted by Gasteiger charge is -2.02. The van der Waals surface area contributed by atoms with Gasteiger partial charge < -0.3 is 0 Å². The lowest BCUT2D eigenvalue weighted by Crippen LogP contribution is -1.91. The van der Waals surface area contributed by atoms with Gasteiger partial charge in [0.1, 0.15) is 11.3 Å². The predicted octanol–water partition coefficient (Wildman–Crippen LogP) is 3.31. The highest BCUT2D eigenvalue weighted by Crippen LogP contribution is 2.28. The van der Waals surface area contributed by atoms with Crippen LogP contribution >= 0.6 is 11.6 Å². The van der Waals surface area contributed by atoms with Gasteiger partial charge in [0.15, 0.2) is 0 Å². The number of hydrogen-bond acceptors (Lipinski definition) is 3. The third-order valence-corrected chi connectivity index (χ3v) is 2.42. The summed E-state index contributed by atoms with van der Waals surface area (Å²) in [5.74, 6) is 0. The van der Waals surface area contributed by atoms with Crippen molar-refractivity contribution >= 4 is 17.3 Å². The van der Waals surface area contributed by atoms with Crippen LogP contribution in [0.2, 0.25) is 5.15 Å². The summed E-state index contributed by atoms with van der Waals surface area (Å²) in [5.41, 5.74) is 1.31. The Morgan fingerprint density at radius 2 is 1.94 bits per heavy atom. The Morgan fingerprint density at radius 3 is 2.56 bits per heavy atom. The van der Waals surface area contributed by atoms with Gasteiger partial charge >= 0.3 is 0 Å². The number of nitrogens with zero attached hydrogens (tertiary/aromatic N) is 2. The van der Waals surface area contributed by atoms with Gasteiger partial charge in [-0.25, -0.2) is 4.98 Å². The molecular weight excluding hydrogens is 228 g/mol. The molecule has 80 valence electrons. The first-order valence-corrected chi connectivity index (χ1v) is 4.91. The van der Waals surface area contributed by atoms with Crippen LogP contribution in [-0.2, 0) is 0 Å². The molecule has 0 bridgehead atoms. The second-order valence-electron chi connectivity index (χ2n) is 3.16. The quantitative estimate of drug-likeness (QED) is 0.455. The van der Waals surface area contributed by atoms with Gasteiger partial charge in [-0.05, 0) is 5.56 Å². The number of nitro groups is 1. The van der Waals surface area contributed by atoms with Crippen LogP contribution in [0.25, 0.3) is 11.1 Å². The SMILES string of the molecule is O=[N+]([O-])c1cnc(Cl)c(-c2ccccc2)c1. The molecule has 16 heavy (non-hydrogen) atoms. The second-order valence-corrected chi connectivity index (χ2v) is 3.51. The molecule has 0 amide bonds. The number of rotatable bonds is 2. The summed E-state index contributed by atoms with van der Waals surface area (Å²) in [4.78, 5) is 13.9. The zero-order chi connectivity index (χ0) is 11.5. The molecule has 0 saturated heterocycles. The monoisotopic (exact) mass is 234 g/mol. The zero-order valence-electron chi connectivity index (χ0n) is 8.13. The summed E-state index contributed by atoms with van der Waals surface area (Å²) >= 11 is 5.90. The van der Waals surface area contributed by atoms with Crippen molar-refractivity contribution < 1.29 is 4.92 Å². The molecule has 0 spiro atoms. The normalized spacial score (nSPS) is 10.1. The number of halogens is 1. The van der Waals surface area contributed by atoms with E-state index >= 15 is 0 Å². The van der Waals surface area contributed by atoms with Gasteiger partial charge in [-0.2, -0.15) is 0 Å². The Hall–Kier alpha value is -1.94. The third kappa shape index (κ3) is 2.01. The third-order valence-electron chi connectivity index (χ3n) is 2.12. The fourth-order valence-electron chi connectivity index (χ4n) is 1.36. The fourth-order valence-corrected chi connectivity index (χ4v) is 1.57. The summed E-state index contributed by atoms with van der Waals surface area (Å²) in [6.45, 7) is 0. The summed E-state index contributed by atoms with van der Waals surface area (Å²) in [6.07, 6.45) is 1.15. The van der Waals surface area contributed by atoms with Gasteiger partial charge in [0, 0.05) is 11.6 Å². The average Bonchev–Trinajstić information content (AvgIpc) is 2.30. The summed E-state index contributed by atoms with van der Waals surface area (Å²) in [7, 11) is 0. The highest BCUT2D eigenvalue weighted by Gasteiger charge is 2.11. The van der Waals surface area contributed by atoms with Gasteiger partial charge in [-0.15, -0.1) is 0 Å². The van der Waals surface area contributed by atoms with E-state index < -0.39 is 4.92 Å². The number of benzene rings is 1. The van der Waals surface area contributed by atoms with Crippen molar-refractivity contribution in [2.24, 2.45) is 0 Å². The van der Waals surface area contributed by atoms with Gasteiger partial charge in [-0.1, -0.05) is 41.9 Å². The van der Waals surface area contributed by atoms with Crippen LogP contribution in [0.3, 0.4) is 0 Å². The first-order valence-electron chi connectivity index (χ1n) is 4.54. The van der Waals surface area contributed by atoms with E-state index in [0.717, 1.165) is 11.8 Å². The van der Waals surface area contributed by atoms with Crippen molar-refractivity contribution in [3.63, 3.8) is 0 Å². The standard InChI is InChI=1S/C11H7ClN2O2/c12-11-10(8-4-2-1-3-5-8)6-9(7-13-11)14(15)16/h1-7H. The Morgan fingerprint density at radius 1 is 1.25 bits per heavy atom. The van der Waals surface area contributed by atoms with Crippen molar-refractivity contribution in [2.75, 3.05) is 0 Å². The van der Waals surface area contributed by atoms with Crippen LogP contribution in [0.1, 0.15) is 0 Å². The molecule has 0 aliphatic heterocycles. The molecule has 0 fully saturated rings. The van der Waals surface area contributed by atoms with E-state index in [-0.39, 0.29) is 10.8 Å². The predicted molar refractivity (Wildman–Crippen MR) is 61.3 cm³/mol. The Bertz CT molecular complexity index is 529. The molecule has 0 radical (unpaired) electrons. The second kappa shape index (κ2) is 4.28. The summed E-state index contributed by atoms with van der Waals surface area (Å²) in [5, 5.41) is 10.9. The molecule has 0 aliphatic carbocycles. The van der Waals surface area contributed by atoms with Gasteiger partial charge in [-0.3, -0.25) is 10.1 Å². The average molecular weight is 235 g/mol. The van der Waals surface area contributed by atoms with Crippen molar-refractivity contribution in [3.8, 4) is 11.1 Å². The minimum atomic E-state index is -0.490. The molecule has 2 aromatic rings. The van der Waals surface area contributed by atoms with E-state index in [4.69, 9.17) is 11.6 Å². The Balaban J connectivity index is 2.56. The van der Waals surface area contributed by atoms with E-state index in [1.54, 1.807) is 0 Å². The molecule has 1 heterocycles. The molecule has 1 aromatic heterocycles. The smallest absolute Gasteiger partial charge is 0.258 e. The highest BCUT2D eigenvalue weighted by molar-refractivity contribution is 6.32. The fraction of sp³-hybridized carbons (Fsp3) is 0. The summed E-state index contributed by atoms with van der Waals surface area (Å²) in [6, 6.07) is 10.6. The van der Waals surface area contributed by atoms with E-state index in [0.29, 0.717) is 5.56 Å². The zero-order valence-corrected chi connectivity index (χ0v) is 8.89. The lowest BCUT2D eigenvalue weighted by atomic mass is 10.1. The van der Waals surface area contributed by atoms with Crippen molar-refractivity contribution in [1.82, 2.24) is 4.98 Å². The minimum absolute atomic E-state index is 0.0664. The largest absolute Gasteiger partial charge is 0.288 e. The van der Waals surface area contributed by atoms with Crippen molar-refractivity contribution in [2.45, 2.75) is 0 Å². The van der Waals surface area contributed by atoms with Crippen LogP contribution in [0, 0.1) is 10.1 Å². The van der Waals surface area contributed by atoms with E-state index in [9.17, 15) is 10.1 Å². The Kier molecular flexibility index (Phi) is 2.83. The molecule has 5 heteroatoms. The first-order chi connectivity index (χ1) is 7.68. The van der Waals surface area contributed by atoms with Crippen LogP contribution in [0.4, 0.5) is 5.69 Å². The maximum Gasteiger partial charge on any atom is 0.288 e. The van der Waals surface area contributed by atoms with Gasteiger partial charge in [0.2, 0.25) is 0 Å². The number of pyridine rings is 1. The number of hydrogen-bond donors (Lipinski definition) is 0. The van der Waals surface area contributed by atoms with Crippen LogP contribution in [-0.4, -0.2) is 9.91 Å². The lowest BCUT2D eigenvalue weighted by molar-refractivity contribution is -0.385. The molecule has 0 atom stereocenters. The van der Waals surface area contributed by atoms with Crippen molar-refractivity contribution in [3.05, 3.63) is 57.9 Å². The molecule has 4 nitrogen and oxygen atoms in total. The molecule has 0 unspecified atom stereocenters. The topological polar surface area (TPSA) is 56.0 Å².